The topological polar surface area (TPSA) is 47.6 Å². The van der Waals surface area contributed by atoms with E-state index in [1.807, 2.05) is 13.8 Å². The number of esters is 1. The van der Waals surface area contributed by atoms with Crippen molar-refractivity contribution in [3.8, 4) is 0 Å². The maximum atomic E-state index is 11.8. The van der Waals surface area contributed by atoms with Crippen LogP contribution in [0.2, 0.25) is 0 Å². The molecule has 4 nitrogen and oxygen atoms in total. The molecule has 0 fully saturated rings. The average Bonchev–Trinajstić information content (AvgIpc) is 2.37. The number of carbonyl (C=O) groups excluding carboxylic acids is 1. The minimum atomic E-state index is -0.594. The molecular weight excluding hydrogens is 230 g/mol. The molecule has 0 rings (SSSR count). The monoisotopic (exact) mass is 259 g/mol. The van der Waals surface area contributed by atoms with E-state index in [2.05, 4.69) is 12.2 Å². The molecule has 18 heavy (non-hydrogen) atoms. The lowest BCUT2D eigenvalue weighted by molar-refractivity contribution is -0.150. The van der Waals surface area contributed by atoms with Gasteiger partial charge in [-0.25, -0.2) is 0 Å². The van der Waals surface area contributed by atoms with Crippen LogP contribution in [0, 0.1) is 0 Å². The molecule has 108 valence electrons. The molecule has 1 N–H and O–H groups in total. The van der Waals surface area contributed by atoms with Gasteiger partial charge in [-0.2, -0.15) is 0 Å². The molecule has 0 saturated carbocycles. The summed E-state index contributed by atoms with van der Waals surface area (Å²) in [5.41, 5.74) is -0.594. The standard InChI is InChI=1S/C14H29NO3/c1-5-7-8-11-17-12-9-10-14(3,15-4)13(16)18-6-2/h15H,5-12H2,1-4H3. The minimum absolute atomic E-state index is 0.182. The van der Waals surface area contributed by atoms with Gasteiger partial charge in [0.1, 0.15) is 5.54 Å². The van der Waals surface area contributed by atoms with E-state index in [9.17, 15) is 4.79 Å². The van der Waals surface area contributed by atoms with Crippen LogP contribution in [0.1, 0.15) is 52.9 Å². The molecule has 4 heteroatoms. The number of rotatable bonds is 11. The predicted molar refractivity (Wildman–Crippen MR) is 73.7 cm³/mol. The van der Waals surface area contributed by atoms with Crippen LogP contribution in [0.5, 0.6) is 0 Å². The van der Waals surface area contributed by atoms with Crippen LogP contribution in [-0.2, 0) is 14.3 Å². The molecule has 0 aromatic heterocycles. The van der Waals surface area contributed by atoms with Crippen molar-refractivity contribution < 1.29 is 14.3 Å². The highest BCUT2D eigenvalue weighted by Gasteiger charge is 2.32. The molecule has 0 aromatic rings. The maximum Gasteiger partial charge on any atom is 0.326 e. The van der Waals surface area contributed by atoms with Crippen molar-refractivity contribution in [2.24, 2.45) is 0 Å². The lowest BCUT2D eigenvalue weighted by Gasteiger charge is -2.26. The smallest absolute Gasteiger partial charge is 0.326 e. The molecule has 0 aliphatic carbocycles. The van der Waals surface area contributed by atoms with Crippen molar-refractivity contribution in [3.05, 3.63) is 0 Å². The predicted octanol–water partition coefficient (Wildman–Crippen LogP) is 2.51. The molecule has 0 aliphatic heterocycles. The van der Waals surface area contributed by atoms with Gasteiger partial charge in [0.05, 0.1) is 6.61 Å². The van der Waals surface area contributed by atoms with Crippen molar-refractivity contribution in [1.82, 2.24) is 5.32 Å². The number of ether oxygens (including phenoxy) is 2. The summed E-state index contributed by atoms with van der Waals surface area (Å²) in [4.78, 5) is 11.8. The largest absolute Gasteiger partial charge is 0.465 e. The zero-order chi connectivity index (χ0) is 13.9. The van der Waals surface area contributed by atoms with E-state index in [-0.39, 0.29) is 5.97 Å². The summed E-state index contributed by atoms with van der Waals surface area (Å²) in [6.07, 6.45) is 5.15. The molecule has 0 saturated heterocycles. The summed E-state index contributed by atoms with van der Waals surface area (Å²) in [6.45, 7) is 7.83. The van der Waals surface area contributed by atoms with Gasteiger partial charge in [0, 0.05) is 13.2 Å². The Kier molecular flexibility index (Phi) is 9.98. The summed E-state index contributed by atoms with van der Waals surface area (Å²) >= 11 is 0. The Morgan fingerprint density at radius 1 is 1.17 bits per heavy atom. The maximum absolute atomic E-state index is 11.8. The van der Waals surface area contributed by atoms with Crippen molar-refractivity contribution in [1.29, 1.82) is 0 Å². The second-order valence-corrected chi connectivity index (χ2v) is 4.73. The Bertz CT molecular complexity index is 221. The Morgan fingerprint density at radius 2 is 1.83 bits per heavy atom. The third-order valence-corrected chi connectivity index (χ3v) is 3.14. The number of likely N-dealkylation sites (N-methyl/N-ethyl adjacent to an activating group) is 1. The highest BCUT2D eigenvalue weighted by Crippen LogP contribution is 2.14. The number of hydrogen-bond donors (Lipinski definition) is 1. The molecule has 0 aromatic carbocycles. The SMILES string of the molecule is CCCCCOCCCC(C)(NC)C(=O)OCC. The van der Waals surface area contributed by atoms with Gasteiger partial charge >= 0.3 is 5.97 Å². The molecule has 0 aliphatic rings. The van der Waals surface area contributed by atoms with Gasteiger partial charge < -0.3 is 14.8 Å². The van der Waals surface area contributed by atoms with E-state index in [0.29, 0.717) is 13.2 Å². The van der Waals surface area contributed by atoms with Gasteiger partial charge in [-0.15, -0.1) is 0 Å². The summed E-state index contributed by atoms with van der Waals surface area (Å²) in [6, 6.07) is 0. The zero-order valence-electron chi connectivity index (χ0n) is 12.4. The van der Waals surface area contributed by atoms with Gasteiger partial charge in [0.25, 0.3) is 0 Å². The van der Waals surface area contributed by atoms with E-state index in [0.717, 1.165) is 25.9 Å². The first-order chi connectivity index (χ1) is 8.60. The number of carbonyl (C=O) groups is 1. The fourth-order valence-electron chi connectivity index (χ4n) is 1.70. The minimum Gasteiger partial charge on any atom is -0.465 e. The van der Waals surface area contributed by atoms with Gasteiger partial charge in [0.2, 0.25) is 0 Å². The second kappa shape index (κ2) is 10.3. The van der Waals surface area contributed by atoms with Crippen molar-refractivity contribution in [3.63, 3.8) is 0 Å². The van der Waals surface area contributed by atoms with E-state index in [4.69, 9.17) is 9.47 Å². The van der Waals surface area contributed by atoms with E-state index in [1.165, 1.54) is 12.8 Å². The molecule has 1 unspecified atom stereocenters. The molecule has 0 heterocycles. The van der Waals surface area contributed by atoms with E-state index in [1.54, 1.807) is 7.05 Å². The average molecular weight is 259 g/mol. The van der Waals surface area contributed by atoms with Crippen molar-refractivity contribution >= 4 is 5.97 Å². The lowest BCUT2D eigenvalue weighted by Crippen LogP contribution is -2.48. The van der Waals surface area contributed by atoms with Crippen LogP contribution in [0.25, 0.3) is 0 Å². The fourth-order valence-corrected chi connectivity index (χ4v) is 1.70. The lowest BCUT2D eigenvalue weighted by atomic mass is 9.96. The first-order valence-corrected chi connectivity index (χ1v) is 7.04. The molecule has 0 bridgehead atoms. The van der Waals surface area contributed by atoms with Gasteiger partial charge in [-0.1, -0.05) is 19.8 Å². The molecule has 0 amide bonds. The second-order valence-electron chi connectivity index (χ2n) is 4.73. The van der Waals surface area contributed by atoms with Gasteiger partial charge in [-0.3, -0.25) is 4.79 Å². The third-order valence-electron chi connectivity index (χ3n) is 3.14. The molecular formula is C14H29NO3. The first kappa shape index (κ1) is 17.4. The fraction of sp³-hybridized carbons (Fsp3) is 0.929. The Morgan fingerprint density at radius 3 is 2.39 bits per heavy atom. The van der Waals surface area contributed by atoms with E-state index >= 15 is 0 Å². The summed E-state index contributed by atoms with van der Waals surface area (Å²) in [5.74, 6) is -0.182. The Labute approximate surface area is 111 Å². The molecule has 0 spiro atoms. The van der Waals surface area contributed by atoms with Crippen molar-refractivity contribution in [2.75, 3.05) is 26.9 Å². The summed E-state index contributed by atoms with van der Waals surface area (Å²) in [5, 5.41) is 3.04. The van der Waals surface area contributed by atoms with Gasteiger partial charge in [0.15, 0.2) is 0 Å². The zero-order valence-corrected chi connectivity index (χ0v) is 12.4. The molecule has 1 atom stereocenters. The third kappa shape index (κ3) is 6.97. The van der Waals surface area contributed by atoms with Crippen LogP contribution >= 0.6 is 0 Å². The number of nitrogens with one attached hydrogen (secondary N) is 1. The van der Waals surface area contributed by atoms with E-state index < -0.39 is 5.54 Å². The van der Waals surface area contributed by atoms with Crippen LogP contribution in [0.3, 0.4) is 0 Å². The van der Waals surface area contributed by atoms with Crippen LogP contribution in [0.15, 0.2) is 0 Å². The Balaban J connectivity index is 3.76. The quantitative estimate of drug-likeness (QED) is 0.457. The van der Waals surface area contributed by atoms with Crippen molar-refractivity contribution in [2.45, 2.75) is 58.4 Å². The normalized spacial score (nSPS) is 14.2. The Hall–Kier alpha value is -0.610. The number of unbranched alkanes of at least 4 members (excludes halogenated alkanes) is 2. The highest BCUT2D eigenvalue weighted by atomic mass is 16.5. The van der Waals surface area contributed by atoms with Crippen LogP contribution in [0.4, 0.5) is 0 Å². The first-order valence-electron chi connectivity index (χ1n) is 7.04. The summed E-state index contributed by atoms with van der Waals surface area (Å²) < 4.78 is 10.6. The van der Waals surface area contributed by atoms with Crippen LogP contribution in [-0.4, -0.2) is 38.4 Å². The van der Waals surface area contributed by atoms with Gasteiger partial charge in [-0.05, 0) is 40.2 Å². The molecule has 0 radical (unpaired) electrons. The summed E-state index contributed by atoms with van der Waals surface area (Å²) in [7, 11) is 1.79. The highest BCUT2D eigenvalue weighted by molar-refractivity contribution is 5.80. The van der Waals surface area contributed by atoms with Crippen LogP contribution < -0.4 is 5.32 Å². The number of hydrogen-bond acceptors (Lipinski definition) is 4.